The molecule has 22 heavy (non-hydrogen) atoms. The zero-order chi connectivity index (χ0) is 15.5. The highest BCUT2D eigenvalue weighted by atomic mass is 16.2. The van der Waals surface area contributed by atoms with Crippen LogP contribution in [0.25, 0.3) is 0 Å². The number of hydrogen-bond acceptors (Lipinski definition) is 4. The molecule has 1 aromatic rings. The van der Waals surface area contributed by atoms with E-state index in [0.717, 1.165) is 43.9 Å². The number of nitrogens with zero attached hydrogens (tertiary/aromatic N) is 2. The number of nitrogens with one attached hydrogen (secondary N) is 2. The first-order valence-corrected chi connectivity index (χ1v) is 7.78. The molecule has 0 aliphatic carbocycles. The van der Waals surface area contributed by atoms with Crippen LogP contribution in [0.2, 0.25) is 0 Å². The number of carbonyl (C=O) groups is 2. The first-order valence-electron chi connectivity index (χ1n) is 7.78. The third-order valence-corrected chi connectivity index (χ3v) is 4.33. The first-order chi connectivity index (χ1) is 10.7. The highest BCUT2D eigenvalue weighted by molar-refractivity contribution is 6.01. The summed E-state index contributed by atoms with van der Waals surface area (Å²) in [5.41, 5.74) is 3.23. The molecule has 6 nitrogen and oxygen atoms in total. The van der Waals surface area contributed by atoms with Gasteiger partial charge in [-0.2, -0.15) is 0 Å². The second kappa shape index (κ2) is 6.36. The Bertz CT molecular complexity index is 582. The summed E-state index contributed by atoms with van der Waals surface area (Å²) in [6, 6.07) is 6.20. The van der Waals surface area contributed by atoms with E-state index in [1.165, 1.54) is 5.69 Å². The maximum atomic E-state index is 12.1. The van der Waals surface area contributed by atoms with Crippen molar-refractivity contribution in [3.8, 4) is 0 Å². The van der Waals surface area contributed by atoms with Gasteiger partial charge in [-0.25, -0.2) is 0 Å². The number of carbonyl (C=O) groups excluding carboxylic acids is 2. The third kappa shape index (κ3) is 2.92. The summed E-state index contributed by atoms with van der Waals surface area (Å²) in [7, 11) is 1.59. The summed E-state index contributed by atoms with van der Waals surface area (Å²) in [4.78, 5) is 27.7. The van der Waals surface area contributed by atoms with Crippen molar-refractivity contribution in [2.24, 2.45) is 0 Å². The van der Waals surface area contributed by atoms with Crippen LogP contribution in [0.4, 0.5) is 11.4 Å². The predicted molar refractivity (Wildman–Crippen MR) is 86.3 cm³/mol. The molecule has 0 radical (unpaired) electrons. The number of amides is 2. The van der Waals surface area contributed by atoms with Crippen LogP contribution in [-0.4, -0.2) is 51.6 Å². The zero-order valence-electron chi connectivity index (χ0n) is 12.9. The quantitative estimate of drug-likeness (QED) is 0.832. The number of hydrogen-bond donors (Lipinski definition) is 2. The van der Waals surface area contributed by atoms with Gasteiger partial charge in [-0.1, -0.05) is 0 Å². The Morgan fingerprint density at radius 3 is 2.77 bits per heavy atom. The molecule has 0 atom stereocenters. The van der Waals surface area contributed by atoms with E-state index in [9.17, 15) is 9.59 Å². The SMILES string of the molecule is CNC(=O)CN1C(=O)CCc2cc(N3CCNCC3)ccc21. The van der Waals surface area contributed by atoms with Crippen molar-refractivity contribution in [3.05, 3.63) is 23.8 Å². The lowest BCUT2D eigenvalue weighted by molar-refractivity contribution is -0.123. The molecule has 118 valence electrons. The molecule has 0 bridgehead atoms. The minimum Gasteiger partial charge on any atom is -0.369 e. The average molecular weight is 302 g/mol. The largest absolute Gasteiger partial charge is 0.369 e. The molecule has 2 heterocycles. The number of likely N-dealkylation sites (N-methyl/N-ethyl adjacent to an activating group) is 1. The van der Waals surface area contributed by atoms with Crippen molar-refractivity contribution in [1.29, 1.82) is 0 Å². The molecule has 1 saturated heterocycles. The minimum absolute atomic E-state index is 0.0195. The molecular formula is C16H22N4O2. The van der Waals surface area contributed by atoms with Crippen molar-refractivity contribution in [3.63, 3.8) is 0 Å². The molecule has 2 amide bonds. The number of fused-ring (bicyclic) bond motifs is 1. The van der Waals surface area contributed by atoms with Crippen LogP contribution in [0.3, 0.4) is 0 Å². The Hall–Kier alpha value is -2.08. The summed E-state index contributed by atoms with van der Waals surface area (Å²) < 4.78 is 0. The smallest absolute Gasteiger partial charge is 0.239 e. The number of anilines is 2. The van der Waals surface area contributed by atoms with E-state index in [1.54, 1.807) is 11.9 Å². The molecule has 0 spiro atoms. The van der Waals surface area contributed by atoms with Gasteiger partial charge in [-0.3, -0.25) is 9.59 Å². The van der Waals surface area contributed by atoms with Crippen LogP contribution in [0.5, 0.6) is 0 Å². The molecule has 0 aromatic heterocycles. The molecule has 2 N–H and O–H groups in total. The molecule has 0 unspecified atom stereocenters. The fourth-order valence-electron chi connectivity index (χ4n) is 3.06. The van der Waals surface area contributed by atoms with Crippen LogP contribution in [-0.2, 0) is 16.0 Å². The van der Waals surface area contributed by atoms with Crippen molar-refractivity contribution in [2.75, 3.05) is 49.6 Å². The van der Waals surface area contributed by atoms with Gasteiger partial charge >= 0.3 is 0 Å². The van der Waals surface area contributed by atoms with Crippen molar-refractivity contribution in [2.45, 2.75) is 12.8 Å². The summed E-state index contributed by atoms with van der Waals surface area (Å²) in [5, 5.41) is 5.93. The van der Waals surface area contributed by atoms with Crippen LogP contribution in [0, 0.1) is 0 Å². The fourth-order valence-corrected chi connectivity index (χ4v) is 3.06. The van der Waals surface area contributed by atoms with Gasteiger partial charge in [0.15, 0.2) is 0 Å². The number of aryl methyl sites for hydroxylation is 1. The Morgan fingerprint density at radius 2 is 2.05 bits per heavy atom. The van der Waals surface area contributed by atoms with E-state index in [0.29, 0.717) is 6.42 Å². The number of rotatable bonds is 3. The fraction of sp³-hybridized carbons (Fsp3) is 0.500. The standard InChI is InChI=1S/C16H22N4O2/c1-17-15(21)11-20-14-4-3-13(19-8-6-18-7-9-19)10-12(14)2-5-16(20)22/h3-4,10,18H,2,5-9,11H2,1H3,(H,17,21). The Kier molecular flexibility index (Phi) is 4.29. The third-order valence-electron chi connectivity index (χ3n) is 4.33. The van der Waals surface area contributed by atoms with E-state index < -0.39 is 0 Å². The van der Waals surface area contributed by atoms with Gasteiger partial charge in [-0.15, -0.1) is 0 Å². The lowest BCUT2D eigenvalue weighted by Crippen LogP contribution is -2.44. The van der Waals surface area contributed by atoms with Crippen molar-refractivity contribution < 1.29 is 9.59 Å². The Morgan fingerprint density at radius 1 is 1.27 bits per heavy atom. The van der Waals surface area contributed by atoms with Crippen molar-refractivity contribution in [1.82, 2.24) is 10.6 Å². The second-order valence-corrected chi connectivity index (χ2v) is 5.70. The maximum absolute atomic E-state index is 12.1. The highest BCUT2D eigenvalue weighted by Gasteiger charge is 2.26. The monoisotopic (exact) mass is 302 g/mol. The van der Waals surface area contributed by atoms with Crippen LogP contribution in [0.1, 0.15) is 12.0 Å². The minimum atomic E-state index is -0.146. The molecule has 3 rings (SSSR count). The van der Waals surface area contributed by atoms with Crippen LogP contribution in [0.15, 0.2) is 18.2 Å². The van der Waals surface area contributed by atoms with Gasteiger partial charge in [-0.05, 0) is 30.2 Å². The normalized spacial score (nSPS) is 18.1. The van der Waals surface area contributed by atoms with E-state index in [4.69, 9.17) is 0 Å². The maximum Gasteiger partial charge on any atom is 0.239 e. The van der Waals surface area contributed by atoms with E-state index in [2.05, 4.69) is 27.7 Å². The van der Waals surface area contributed by atoms with Gasteiger partial charge in [0, 0.05) is 51.0 Å². The highest BCUT2D eigenvalue weighted by Crippen LogP contribution is 2.31. The van der Waals surface area contributed by atoms with Crippen molar-refractivity contribution >= 4 is 23.2 Å². The molecule has 2 aliphatic heterocycles. The Labute approximate surface area is 130 Å². The van der Waals surface area contributed by atoms with Gasteiger partial charge in [0.2, 0.25) is 11.8 Å². The summed E-state index contributed by atoms with van der Waals surface area (Å²) in [5.74, 6) is -0.126. The van der Waals surface area contributed by atoms with E-state index in [-0.39, 0.29) is 18.4 Å². The number of piperazine rings is 1. The first kappa shape index (κ1) is 14.8. The van der Waals surface area contributed by atoms with Crippen LogP contribution >= 0.6 is 0 Å². The molecular weight excluding hydrogens is 280 g/mol. The van der Waals surface area contributed by atoms with Gasteiger partial charge in [0.25, 0.3) is 0 Å². The Balaban J connectivity index is 1.85. The zero-order valence-corrected chi connectivity index (χ0v) is 12.9. The van der Waals surface area contributed by atoms with Gasteiger partial charge in [0.05, 0.1) is 0 Å². The lowest BCUT2D eigenvalue weighted by atomic mass is 10.00. The summed E-state index contributed by atoms with van der Waals surface area (Å²) in [6.07, 6.45) is 1.22. The molecule has 0 saturated carbocycles. The summed E-state index contributed by atoms with van der Waals surface area (Å²) >= 11 is 0. The van der Waals surface area contributed by atoms with Crippen LogP contribution < -0.4 is 20.4 Å². The molecule has 1 aromatic carbocycles. The average Bonchev–Trinajstić information content (AvgIpc) is 2.57. The number of benzene rings is 1. The summed E-state index contributed by atoms with van der Waals surface area (Å²) in [6.45, 7) is 4.09. The second-order valence-electron chi connectivity index (χ2n) is 5.70. The molecule has 6 heteroatoms. The van der Waals surface area contributed by atoms with E-state index in [1.807, 2.05) is 6.07 Å². The predicted octanol–water partition coefficient (Wildman–Crippen LogP) is 0.121. The van der Waals surface area contributed by atoms with Gasteiger partial charge in [0.1, 0.15) is 6.54 Å². The molecule has 1 fully saturated rings. The lowest BCUT2D eigenvalue weighted by Gasteiger charge is -2.33. The van der Waals surface area contributed by atoms with Gasteiger partial charge < -0.3 is 20.4 Å². The van der Waals surface area contributed by atoms with E-state index >= 15 is 0 Å². The topological polar surface area (TPSA) is 64.7 Å². The molecule has 2 aliphatic rings.